The monoisotopic (exact) mass is 387 g/mol. The second-order valence-electron chi connectivity index (χ2n) is 6.57. The summed E-state index contributed by atoms with van der Waals surface area (Å²) < 4.78 is 5.21. The molecule has 3 rings (SSSR count). The number of hydrogen-bond acceptors (Lipinski definition) is 4. The maximum atomic E-state index is 12.5. The second kappa shape index (κ2) is 8.31. The van der Waals surface area contributed by atoms with Gasteiger partial charge in [-0.3, -0.25) is 9.59 Å². The van der Waals surface area contributed by atoms with Crippen LogP contribution in [0.3, 0.4) is 0 Å². The van der Waals surface area contributed by atoms with Crippen molar-refractivity contribution < 1.29 is 14.3 Å². The first kappa shape index (κ1) is 19.0. The number of carbonyl (C=O) groups is 2. The summed E-state index contributed by atoms with van der Waals surface area (Å²) in [5, 5.41) is 6.06. The lowest BCUT2D eigenvalue weighted by Gasteiger charge is -2.24. The maximum Gasteiger partial charge on any atom is 0.255 e. The summed E-state index contributed by atoms with van der Waals surface area (Å²) in [4.78, 5) is 24.6. The van der Waals surface area contributed by atoms with Gasteiger partial charge in [-0.05, 0) is 36.6 Å². The molecule has 7 heteroatoms. The number of halogens is 1. The van der Waals surface area contributed by atoms with Gasteiger partial charge in [0.1, 0.15) is 5.75 Å². The third-order valence-electron chi connectivity index (χ3n) is 4.69. The van der Waals surface area contributed by atoms with E-state index in [1.165, 1.54) is 19.2 Å². The Balaban J connectivity index is 1.64. The summed E-state index contributed by atoms with van der Waals surface area (Å²) in [6.45, 7) is 0.303. The molecule has 1 aliphatic rings. The van der Waals surface area contributed by atoms with E-state index in [0.29, 0.717) is 28.6 Å². The second-order valence-corrected chi connectivity index (χ2v) is 6.98. The topological polar surface area (TPSA) is 93.4 Å². The van der Waals surface area contributed by atoms with Crippen LogP contribution in [0.5, 0.6) is 5.75 Å². The van der Waals surface area contributed by atoms with E-state index in [9.17, 15) is 9.59 Å². The molecular formula is C20H22ClN3O3. The third kappa shape index (κ3) is 4.52. The van der Waals surface area contributed by atoms with Gasteiger partial charge in [0.05, 0.1) is 23.4 Å². The number of nitrogen functional groups attached to an aromatic ring is 1. The Kier molecular flexibility index (Phi) is 5.86. The first-order valence-electron chi connectivity index (χ1n) is 8.79. The predicted octanol–water partition coefficient (Wildman–Crippen LogP) is 3.60. The molecule has 0 heterocycles. The molecule has 2 aromatic carbocycles. The molecule has 0 radical (unpaired) electrons. The lowest BCUT2D eigenvalue weighted by atomic mass is 9.85. The summed E-state index contributed by atoms with van der Waals surface area (Å²) in [7, 11) is 1.47. The van der Waals surface area contributed by atoms with Crippen molar-refractivity contribution in [2.45, 2.75) is 25.8 Å². The highest BCUT2D eigenvalue weighted by Crippen LogP contribution is 2.29. The minimum atomic E-state index is -0.322. The van der Waals surface area contributed by atoms with E-state index in [2.05, 4.69) is 10.6 Å². The normalized spacial score (nSPS) is 13.6. The molecule has 0 atom stereocenters. The number of carbonyl (C=O) groups excluding carboxylic acids is 2. The molecule has 1 fully saturated rings. The molecule has 1 aliphatic carbocycles. The molecule has 0 spiro atoms. The van der Waals surface area contributed by atoms with Crippen LogP contribution in [-0.4, -0.2) is 18.9 Å². The van der Waals surface area contributed by atoms with Crippen molar-refractivity contribution in [2.24, 2.45) is 5.92 Å². The van der Waals surface area contributed by atoms with Gasteiger partial charge < -0.3 is 21.1 Å². The standard InChI is InChI=1S/C20H22ClN3O3/c1-27-18-10-17(22)16(21)9-15(18)20(26)23-11-12-4-2-7-14(8-12)24-19(25)13-5-3-6-13/h2,4,7-10,13H,3,5-6,11,22H2,1H3,(H,23,26)(H,24,25). The number of nitrogens with one attached hydrogen (secondary N) is 2. The fourth-order valence-electron chi connectivity index (χ4n) is 2.87. The fraction of sp³-hybridized carbons (Fsp3) is 0.300. The molecule has 0 bridgehead atoms. The van der Waals surface area contributed by atoms with E-state index in [4.69, 9.17) is 22.1 Å². The molecule has 0 aromatic heterocycles. The number of nitrogens with two attached hydrogens (primary N) is 1. The lowest BCUT2D eigenvalue weighted by Crippen LogP contribution is -2.28. The average molecular weight is 388 g/mol. The van der Waals surface area contributed by atoms with Gasteiger partial charge in [-0.25, -0.2) is 0 Å². The van der Waals surface area contributed by atoms with Gasteiger partial charge in [0.2, 0.25) is 5.91 Å². The zero-order valence-corrected chi connectivity index (χ0v) is 15.8. The van der Waals surface area contributed by atoms with Crippen molar-refractivity contribution >= 4 is 34.8 Å². The number of methoxy groups -OCH3 is 1. The van der Waals surface area contributed by atoms with Gasteiger partial charge in [0, 0.05) is 24.2 Å². The Labute approximate surface area is 163 Å². The Bertz CT molecular complexity index is 866. The number of benzene rings is 2. The van der Waals surface area contributed by atoms with Crippen molar-refractivity contribution in [1.82, 2.24) is 5.32 Å². The van der Waals surface area contributed by atoms with Gasteiger partial charge in [-0.2, -0.15) is 0 Å². The molecule has 0 aliphatic heterocycles. The van der Waals surface area contributed by atoms with Gasteiger partial charge in [-0.15, -0.1) is 0 Å². The third-order valence-corrected chi connectivity index (χ3v) is 5.01. The Hall–Kier alpha value is -2.73. The highest BCUT2D eigenvalue weighted by atomic mass is 35.5. The van der Waals surface area contributed by atoms with E-state index in [1.54, 1.807) is 0 Å². The van der Waals surface area contributed by atoms with Crippen LogP contribution in [0, 0.1) is 5.92 Å². The molecule has 6 nitrogen and oxygen atoms in total. The van der Waals surface area contributed by atoms with Gasteiger partial charge in [0.15, 0.2) is 0 Å². The number of hydrogen-bond donors (Lipinski definition) is 3. The fourth-order valence-corrected chi connectivity index (χ4v) is 3.03. The van der Waals surface area contributed by atoms with Crippen LogP contribution >= 0.6 is 11.6 Å². The van der Waals surface area contributed by atoms with Crippen molar-refractivity contribution in [3.05, 3.63) is 52.5 Å². The van der Waals surface area contributed by atoms with E-state index in [1.807, 2.05) is 24.3 Å². The van der Waals surface area contributed by atoms with Crippen LogP contribution in [0.1, 0.15) is 35.2 Å². The van der Waals surface area contributed by atoms with Gasteiger partial charge >= 0.3 is 0 Å². The van der Waals surface area contributed by atoms with Crippen molar-refractivity contribution in [1.29, 1.82) is 0 Å². The molecule has 0 unspecified atom stereocenters. The SMILES string of the molecule is COc1cc(N)c(Cl)cc1C(=O)NCc1cccc(NC(=O)C2CCC2)c1. The summed E-state index contributed by atoms with van der Waals surface area (Å²) in [5.74, 6) is 0.216. The van der Waals surface area contributed by atoms with E-state index < -0.39 is 0 Å². The van der Waals surface area contributed by atoms with Crippen molar-refractivity contribution in [2.75, 3.05) is 18.2 Å². The maximum absolute atomic E-state index is 12.5. The van der Waals surface area contributed by atoms with Crippen LogP contribution in [0.25, 0.3) is 0 Å². The molecule has 1 saturated carbocycles. The molecule has 2 amide bonds. The Morgan fingerprint density at radius 2 is 2.04 bits per heavy atom. The molecule has 4 N–H and O–H groups in total. The number of anilines is 2. The highest BCUT2D eigenvalue weighted by Gasteiger charge is 2.25. The molecule has 2 aromatic rings. The van der Waals surface area contributed by atoms with Crippen LogP contribution in [0.15, 0.2) is 36.4 Å². The molecular weight excluding hydrogens is 366 g/mol. The van der Waals surface area contributed by atoms with Crippen molar-refractivity contribution in [3.8, 4) is 5.75 Å². The smallest absolute Gasteiger partial charge is 0.255 e. The van der Waals surface area contributed by atoms with Crippen LogP contribution < -0.4 is 21.1 Å². The van der Waals surface area contributed by atoms with E-state index in [-0.39, 0.29) is 17.7 Å². The summed E-state index contributed by atoms with van der Waals surface area (Å²) in [6, 6.07) is 10.4. The van der Waals surface area contributed by atoms with Crippen molar-refractivity contribution in [3.63, 3.8) is 0 Å². The van der Waals surface area contributed by atoms with Gasteiger partial charge in [0.25, 0.3) is 5.91 Å². The van der Waals surface area contributed by atoms with Crippen LogP contribution in [-0.2, 0) is 11.3 Å². The van der Waals surface area contributed by atoms with E-state index in [0.717, 1.165) is 30.5 Å². The van der Waals surface area contributed by atoms with E-state index >= 15 is 0 Å². The predicted molar refractivity (Wildman–Crippen MR) is 106 cm³/mol. The first-order valence-corrected chi connectivity index (χ1v) is 9.16. The molecule has 27 heavy (non-hydrogen) atoms. The zero-order valence-electron chi connectivity index (χ0n) is 15.0. The number of ether oxygens (including phenoxy) is 1. The van der Waals surface area contributed by atoms with Crippen LogP contribution in [0.2, 0.25) is 5.02 Å². The zero-order chi connectivity index (χ0) is 19.4. The average Bonchev–Trinajstić information content (AvgIpc) is 2.60. The summed E-state index contributed by atoms with van der Waals surface area (Å²) >= 11 is 6.01. The lowest BCUT2D eigenvalue weighted by molar-refractivity contribution is -0.122. The summed E-state index contributed by atoms with van der Waals surface area (Å²) in [5.41, 5.74) is 8.00. The first-order chi connectivity index (χ1) is 13.0. The minimum absolute atomic E-state index is 0.0590. The quantitative estimate of drug-likeness (QED) is 0.660. The van der Waals surface area contributed by atoms with Crippen LogP contribution in [0.4, 0.5) is 11.4 Å². The largest absolute Gasteiger partial charge is 0.496 e. The minimum Gasteiger partial charge on any atom is -0.496 e. The van der Waals surface area contributed by atoms with Gasteiger partial charge in [-0.1, -0.05) is 30.2 Å². The Morgan fingerprint density at radius 1 is 1.26 bits per heavy atom. The summed E-state index contributed by atoms with van der Waals surface area (Å²) in [6.07, 6.45) is 3.02. The number of rotatable bonds is 6. The Morgan fingerprint density at radius 3 is 2.70 bits per heavy atom. The molecule has 0 saturated heterocycles. The highest BCUT2D eigenvalue weighted by molar-refractivity contribution is 6.33. The molecule has 142 valence electrons. The number of amides is 2.